The Hall–Kier alpha value is -0.870. The molecule has 1 unspecified atom stereocenters. The first-order chi connectivity index (χ1) is 7.38. The van der Waals surface area contributed by atoms with Crippen molar-refractivity contribution >= 4 is 17.3 Å². The van der Waals surface area contributed by atoms with Gasteiger partial charge < -0.3 is 10.1 Å². The molecule has 0 spiro atoms. The molecular weight excluding hydrogens is 222 g/mol. The average Bonchev–Trinajstić information content (AvgIpc) is 2.64. The van der Waals surface area contributed by atoms with Gasteiger partial charge in [0.1, 0.15) is 5.60 Å². The number of esters is 1. The first-order valence-electron chi connectivity index (χ1n) is 5.36. The lowest BCUT2D eigenvalue weighted by Crippen LogP contribution is -2.32. The number of hydrogen-bond donors (Lipinski definition) is 1. The number of ether oxygens (including phenoxy) is 1. The summed E-state index contributed by atoms with van der Waals surface area (Å²) in [6, 6.07) is 2.23. The Bertz CT molecular complexity index is 327. The summed E-state index contributed by atoms with van der Waals surface area (Å²) in [4.78, 5) is 11.5. The van der Waals surface area contributed by atoms with Gasteiger partial charge in [-0.25, -0.2) is 0 Å². The molecule has 1 atom stereocenters. The standard InChI is InChI=1S/C12H19NO2S/c1-9(10-5-6-16-8-10)13-7-11(14)15-12(2,3)4/h5-6,8-9,13H,7H2,1-4H3. The van der Waals surface area contributed by atoms with Crippen LogP contribution in [0.1, 0.15) is 39.3 Å². The predicted octanol–water partition coefficient (Wildman–Crippen LogP) is 2.74. The third-order valence-electron chi connectivity index (χ3n) is 2.02. The van der Waals surface area contributed by atoms with E-state index in [1.165, 1.54) is 5.56 Å². The number of nitrogens with one attached hydrogen (secondary N) is 1. The maximum atomic E-state index is 11.5. The molecule has 1 N–H and O–H groups in total. The number of carbonyl (C=O) groups is 1. The Morgan fingerprint density at radius 1 is 1.56 bits per heavy atom. The van der Waals surface area contributed by atoms with Gasteiger partial charge in [-0.2, -0.15) is 11.3 Å². The first-order valence-corrected chi connectivity index (χ1v) is 6.30. The molecule has 1 aromatic rings. The monoisotopic (exact) mass is 241 g/mol. The SMILES string of the molecule is CC(NCC(=O)OC(C)(C)C)c1ccsc1. The van der Waals surface area contributed by atoms with E-state index in [1.807, 2.05) is 33.1 Å². The largest absolute Gasteiger partial charge is 0.459 e. The quantitative estimate of drug-likeness (QED) is 0.824. The molecule has 0 saturated carbocycles. The second kappa shape index (κ2) is 5.46. The van der Waals surface area contributed by atoms with Gasteiger partial charge >= 0.3 is 5.97 Å². The molecule has 1 heterocycles. The van der Waals surface area contributed by atoms with Crippen LogP contribution in [-0.2, 0) is 9.53 Å². The van der Waals surface area contributed by atoms with Crippen molar-refractivity contribution in [1.29, 1.82) is 0 Å². The topological polar surface area (TPSA) is 38.3 Å². The summed E-state index contributed by atoms with van der Waals surface area (Å²) < 4.78 is 5.21. The van der Waals surface area contributed by atoms with Gasteiger partial charge in [0.15, 0.2) is 0 Å². The van der Waals surface area contributed by atoms with Crippen molar-refractivity contribution < 1.29 is 9.53 Å². The fraction of sp³-hybridized carbons (Fsp3) is 0.583. The molecule has 0 aliphatic rings. The van der Waals surface area contributed by atoms with Gasteiger partial charge in [-0.05, 0) is 50.1 Å². The smallest absolute Gasteiger partial charge is 0.320 e. The van der Waals surface area contributed by atoms with Crippen LogP contribution in [-0.4, -0.2) is 18.1 Å². The van der Waals surface area contributed by atoms with Crippen molar-refractivity contribution in [2.75, 3.05) is 6.54 Å². The fourth-order valence-electron chi connectivity index (χ4n) is 1.25. The average molecular weight is 241 g/mol. The Morgan fingerprint density at radius 2 is 2.25 bits per heavy atom. The Labute approximate surface area is 101 Å². The lowest BCUT2D eigenvalue weighted by molar-refractivity contribution is -0.153. The summed E-state index contributed by atoms with van der Waals surface area (Å²) in [5.74, 6) is -0.213. The Morgan fingerprint density at radius 3 is 2.75 bits per heavy atom. The first kappa shape index (κ1) is 13.2. The molecule has 0 aliphatic carbocycles. The lowest BCUT2D eigenvalue weighted by atomic mass is 10.2. The van der Waals surface area contributed by atoms with Gasteiger partial charge in [0.25, 0.3) is 0 Å². The predicted molar refractivity (Wildman–Crippen MR) is 66.6 cm³/mol. The molecule has 3 nitrogen and oxygen atoms in total. The van der Waals surface area contributed by atoms with Crippen LogP contribution in [0.15, 0.2) is 16.8 Å². The van der Waals surface area contributed by atoms with E-state index in [0.717, 1.165) is 0 Å². The van der Waals surface area contributed by atoms with E-state index >= 15 is 0 Å². The molecule has 0 aliphatic heterocycles. The van der Waals surface area contributed by atoms with Crippen LogP contribution in [0.2, 0.25) is 0 Å². The van der Waals surface area contributed by atoms with E-state index < -0.39 is 5.60 Å². The Kier molecular flexibility index (Phi) is 4.50. The number of carbonyl (C=O) groups excluding carboxylic acids is 1. The van der Waals surface area contributed by atoms with Crippen molar-refractivity contribution in [3.8, 4) is 0 Å². The second-order valence-electron chi connectivity index (χ2n) is 4.75. The Balaban J connectivity index is 2.32. The van der Waals surface area contributed by atoms with Crippen molar-refractivity contribution in [2.45, 2.75) is 39.3 Å². The lowest BCUT2D eigenvalue weighted by Gasteiger charge is -2.20. The summed E-state index contributed by atoms with van der Waals surface area (Å²) in [5, 5.41) is 7.24. The van der Waals surface area contributed by atoms with E-state index in [9.17, 15) is 4.79 Å². The second-order valence-corrected chi connectivity index (χ2v) is 5.53. The maximum absolute atomic E-state index is 11.5. The summed E-state index contributed by atoms with van der Waals surface area (Å²) in [6.45, 7) is 7.88. The van der Waals surface area contributed by atoms with Gasteiger partial charge in [0.05, 0.1) is 6.54 Å². The molecule has 90 valence electrons. The molecule has 0 amide bonds. The van der Waals surface area contributed by atoms with E-state index in [0.29, 0.717) is 0 Å². The fourth-order valence-corrected chi connectivity index (χ4v) is 2.01. The van der Waals surface area contributed by atoms with E-state index in [1.54, 1.807) is 11.3 Å². The maximum Gasteiger partial charge on any atom is 0.320 e. The summed E-state index contributed by atoms with van der Waals surface area (Å²) >= 11 is 1.66. The highest BCUT2D eigenvalue weighted by molar-refractivity contribution is 7.07. The van der Waals surface area contributed by atoms with Crippen LogP contribution in [0.3, 0.4) is 0 Å². The molecule has 0 saturated heterocycles. The number of hydrogen-bond acceptors (Lipinski definition) is 4. The summed E-state index contributed by atoms with van der Waals surface area (Å²) in [5.41, 5.74) is 0.790. The molecule has 1 rings (SSSR count). The summed E-state index contributed by atoms with van der Waals surface area (Å²) in [7, 11) is 0. The molecule has 1 aromatic heterocycles. The minimum Gasteiger partial charge on any atom is -0.459 e. The van der Waals surface area contributed by atoms with Crippen LogP contribution in [0.4, 0.5) is 0 Å². The third kappa shape index (κ3) is 4.77. The van der Waals surface area contributed by atoms with Crippen molar-refractivity contribution in [2.24, 2.45) is 0 Å². The molecule has 0 radical (unpaired) electrons. The molecule has 0 bridgehead atoms. The highest BCUT2D eigenvalue weighted by atomic mass is 32.1. The van der Waals surface area contributed by atoms with Crippen LogP contribution in [0, 0.1) is 0 Å². The zero-order valence-corrected chi connectivity index (χ0v) is 11.1. The van der Waals surface area contributed by atoms with Gasteiger partial charge in [-0.1, -0.05) is 0 Å². The van der Waals surface area contributed by atoms with Crippen molar-refractivity contribution in [1.82, 2.24) is 5.32 Å². The molecular formula is C12H19NO2S. The van der Waals surface area contributed by atoms with E-state index in [-0.39, 0.29) is 18.6 Å². The minimum atomic E-state index is -0.412. The van der Waals surface area contributed by atoms with Crippen LogP contribution in [0.25, 0.3) is 0 Å². The van der Waals surface area contributed by atoms with Gasteiger partial charge in [0, 0.05) is 6.04 Å². The number of rotatable bonds is 4. The highest BCUT2D eigenvalue weighted by Crippen LogP contribution is 2.15. The van der Waals surface area contributed by atoms with Crippen molar-refractivity contribution in [3.05, 3.63) is 22.4 Å². The van der Waals surface area contributed by atoms with Gasteiger partial charge in [0.2, 0.25) is 0 Å². The number of thiophene rings is 1. The zero-order valence-electron chi connectivity index (χ0n) is 10.2. The van der Waals surface area contributed by atoms with Gasteiger partial charge in [-0.15, -0.1) is 0 Å². The van der Waals surface area contributed by atoms with Crippen LogP contribution in [0.5, 0.6) is 0 Å². The normalized spacial score (nSPS) is 13.5. The zero-order chi connectivity index (χ0) is 12.2. The van der Waals surface area contributed by atoms with Crippen LogP contribution < -0.4 is 5.32 Å². The van der Waals surface area contributed by atoms with Gasteiger partial charge in [-0.3, -0.25) is 4.79 Å². The highest BCUT2D eigenvalue weighted by Gasteiger charge is 2.16. The van der Waals surface area contributed by atoms with E-state index in [2.05, 4.69) is 16.8 Å². The molecule has 0 fully saturated rings. The minimum absolute atomic E-state index is 0.179. The van der Waals surface area contributed by atoms with Crippen LogP contribution >= 0.6 is 11.3 Å². The molecule has 16 heavy (non-hydrogen) atoms. The molecule has 4 heteroatoms. The third-order valence-corrected chi connectivity index (χ3v) is 2.72. The van der Waals surface area contributed by atoms with Crippen molar-refractivity contribution in [3.63, 3.8) is 0 Å². The van der Waals surface area contributed by atoms with E-state index in [4.69, 9.17) is 4.74 Å². The summed E-state index contributed by atoms with van der Waals surface area (Å²) in [6.07, 6.45) is 0. The molecule has 0 aromatic carbocycles.